The molecule has 0 amide bonds. The molecule has 0 saturated carbocycles. The molecule has 820 valence electrons. The van der Waals surface area contributed by atoms with Crippen LogP contribution in [-0.2, 0) is 63.0 Å². The number of nitro groups is 2. The molecule has 0 spiro atoms. The van der Waals surface area contributed by atoms with Crippen molar-refractivity contribution >= 4 is 159 Å². The molecule has 40 nitrogen and oxygen atoms in total. The monoisotopic (exact) mass is 2210 g/mol. The zero-order valence-electron chi connectivity index (χ0n) is 91.3. The van der Waals surface area contributed by atoms with Crippen LogP contribution in [-0.4, -0.2) is 217 Å². The van der Waals surface area contributed by atoms with Crippen LogP contribution in [0.2, 0.25) is 88.0 Å². The second-order valence-corrected chi connectivity index (χ2v) is 67.5. The number of rotatable bonds is 32. The molecule has 148 heavy (non-hydrogen) atoms. The summed E-state index contributed by atoms with van der Waals surface area (Å²) in [6, 6.07) is 5.68. The maximum atomic E-state index is 12.9. The lowest BCUT2D eigenvalue weighted by Crippen LogP contribution is -2.46. The van der Waals surface area contributed by atoms with Crippen molar-refractivity contribution < 1.29 is 91.6 Å². The topological polar surface area (TPSA) is 517 Å². The van der Waals surface area contributed by atoms with E-state index >= 15 is 0 Å². The van der Waals surface area contributed by atoms with Crippen LogP contribution in [0.15, 0.2) is 53.8 Å². The van der Waals surface area contributed by atoms with Gasteiger partial charge < -0.3 is 121 Å². The number of ether oxygens (including phenoxy) is 10. The van der Waals surface area contributed by atoms with Crippen molar-refractivity contribution in [1.82, 2.24) is 58.1 Å². The van der Waals surface area contributed by atoms with Crippen LogP contribution in [0.1, 0.15) is 247 Å². The number of anilines is 4. The van der Waals surface area contributed by atoms with Crippen molar-refractivity contribution in [2.75, 3.05) is 63.1 Å². The summed E-state index contributed by atoms with van der Waals surface area (Å²) in [5.74, 6) is 2.33. The van der Waals surface area contributed by atoms with E-state index in [1.54, 1.807) is 27.6 Å². The first kappa shape index (κ1) is 120. The summed E-state index contributed by atoms with van der Waals surface area (Å²) >= 11 is 26.2. The van der Waals surface area contributed by atoms with E-state index < -0.39 is 108 Å². The third-order valence-corrected chi connectivity index (χ3v) is 49.2. The van der Waals surface area contributed by atoms with Crippen LogP contribution in [0, 0.1) is 31.1 Å². The molecule has 4 aliphatic rings. The highest BCUT2D eigenvalue weighted by molar-refractivity contribution is 6.83. The van der Waals surface area contributed by atoms with Crippen molar-refractivity contribution in [1.29, 1.82) is 0 Å². The first-order valence-electron chi connectivity index (χ1n) is 49.8. The van der Waals surface area contributed by atoms with Gasteiger partial charge in [-0.15, -0.1) is 11.6 Å². The molecule has 0 radical (unpaired) electrons. The second kappa shape index (κ2) is 46.4. The van der Waals surface area contributed by atoms with Gasteiger partial charge in [0.25, 0.3) is 16.9 Å². The van der Waals surface area contributed by atoms with Gasteiger partial charge in [0.1, 0.15) is 69.5 Å². The van der Waals surface area contributed by atoms with Crippen molar-refractivity contribution in [2.45, 2.75) is 361 Å². The molecule has 2 aromatic carbocycles. The van der Waals surface area contributed by atoms with E-state index in [0.717, 1.165) is 42.3 Å². The lowest BCUT2D eigenvalue weighted by Gasteiger charge is -2.39. The maximum Gasteiger partial charge on any atom is 0.279 e. The van der Waals surface area contributed by atoms with Crippen LogP contribution in [0.25, 0.3) is 44.1 Å². The molecule has 4 aliphatic heterocycles. The standard InChI is InChI=1S/C25H44Cl2N4O2Si2.C25H32ClN5O8.C25H45ClN4O3Si2.C25H33N5O9/c1-12-17-18(33-35(10,11)25(5,6)7)13-19(32-17)31-15-16(14-26)20-21(27)28-23(29-22(20)31)30-34(8,9)24(2,3)4;1-25(2,3)21(13-6-16(36-4)17(37-5)7-14(13)31(34)35)38-11-12-9-30(19-8-15(33)18(10-32)39-19)23-20(12)22(26)28-24(27)29-23;1-12-17-18(33-35(10,11)25(5,6)7)13-19(32-17)30-14-16(15-31)20-21(26)27-23(28-22(20)30)29-34(8,9)24(2,3)4;1-25(2,3)21(13-6-16(36-4)17(37-5)7-14(13)30(34)35)38-11-12-9-29(19-8-15(32)18(10-31)39-19)22-20(12)23(33)28-24(26)27-22/h15,17-19H,12-14H2,1-11H3,(H,28,29,30);6-7,9,15,18-19,21,32-33H,8,10-11H2,1-5H3,(H2,27,28,29);14,17-19,31H,12-13,15H2,1-11H3,(H,27,28,29);6-7,9,15,18-19,21,31-32H,8,10-11H2,1-5H3,(H3,26,27,28,33)/t17-,18?,19-;15?,18-,19-,21?;17-,18?,19-;15?,18-,19-,21?/m1111/s1. The third-order valence-electron chi connectivity index (χ3n) is 29.9. The lowest BCUT2D eigenvalue weighted by molar-refractivity contribution is -0.386. The first-order valence-corrected chi connectivity index (χ1v) is 63.3. The minimum absolute atomic E-state index is 0.00582. The minimum atomic E-state index is -1.96. The number of aromatic nitrogens is 12. The number of halogens is 4. The van der Waals surface area contributed by atoms with Gasteiger partial charge >= 0.3 is 0 Å². The fourth-order valence-corrected chi connectivity index (χ4v) is 23.4. The van der Waals surface area contributed by atoms with Gasteiger partial charge in [0.05, 0.1) is 165 Å². The van der Waals surface area contributed by atoms with Crippen molar-refractivity contribution in [3.8, 4) is 23.0 Å². The molecular weight excluding hydrogens is 2060 g/mol. The van der Waals surface area contributed by atoms with Crippen LogP contribution < -0.4 is 45.9 Å². The first-order chi connectivity index (χ1) is 68.6. The Morgan fingerprint density at radius 3 is 1.13 bits per heavy atom. The van der Waals surface area contributed by atoms with E-state index in [4.69, 9.17) is 124 Å². The van der Waals surface area contributed by atoms with Gasteiger partial charge in [-0.1, -0.05) is 199 Å². The van der Waals surface area contributed by atoms with E-state index in [1.165, 1.54) is 46.6 Å². The summed E-state index contributed by atoms with van der Waals surface area (Å²) in [5, 5.41) is 77.1. The molecule has 0 aliphatic carbocycles. The largest absolute Gasteiger partial charge is 0.493 e. The SMILES string of the molecule is CC[C@H]1O[C@@H](n2cc(CCl)c3c(Cl)nc(N[Si](C)(C)C(C)(C)C)nc32)CC1O[Si](C)(C)C(C)(C)C.CC[C@H]1O[C@@H](n2cc(CO)c3c(Cl)nc(N[Si](C)(C)C(C)(C)C)nc32)CC1O[Si](C)(C)C(C)(C)C.COc1cc(C(OCc2cn([C@H]3CC(O)[C@@H](CO)O3)c3nc(N)[nH]c(=O)c23)C(C)(C)C)c([N+](=O)[O-])cc1OC.COc1cc(C(OCc2cn([C@H]3CC(O)[C@@H](CO)O3)c3nc(N)nc(Cl)c23)C(C)(C)C)c([N+](=O)[O-])cc1OC. The molecule has 12 heterocycles. The predicted octanol–water partition coefficient (Wildman–Crippen LogP) is 21.1. The number of nitrogens with two attached hydrogens (primary N) is 2. The number of hydrogen-bond donors (Lipinski definition) is 10. The Hall–Kier alpha value is -8.57. The Morgan fingerprint density at radius 2 is 0.797 bits per heavy atom. The number of nitrogens with zero attached hydrogens (tertiary/aromatic N) is 13. The summed E-state index contributed by atoms with van der Waals surface area (Å²) in [6.07, 6.45) is 4.31. The Morgan fingerprint density at radius 1 is 0.473 bits per heavy atom. The number of nitro benzene ring substituents is 2. The maximum absolute atomic E-state index is 12.9. The zero-order chi connectivity index (χ0) is 110. The number of nitrogens with one attached hydrogen (secondary N) is 3. The molecule has 6 unspecified atom stereocenters. The quantitative estimate of drug-likeness (QED) is 0.00615. The summed E-state index contributed by atoms with van der Waals surface area (Å²) in [7, 11) is -2.03. The molecule has 48 heteroatoms. The molecule has 14 atom stereocenters. The number of aromatic amines is 1. The molecule has 0 bridgehead atoms. The van der Waals surface area contributed by atoms with Gasteiger partial charge in [0.15, 0.2) is 61.8 Å². The van der Waals surface area contributed by atoms with E-state index in [0.29, 0.717) is 83.9 Å². The number of H-pyrrole nitrogens is 1. The number of nitrogen functional groups attached to an aromatic ring is 2. The van der Waals surface area contributed by atoms with Crippen molar-refractivity contribution in [3.05, 3.63) is 128 Å². The van der Waals surface area contributed by atoms with E-state index in [-0.39, 0.29) is 159 Å². The minimum Gasteiger partial charge on any atom is -0.493 e. The zero-order valence-corrected chi connectivity index (χ0v) is 98.4. The molecular formula is C100H154Cl4N18O22Si4. The number of hydrogen-bond acceptors (Lipinski definition) is 33. The molecule has 4 saturated heterocycles. The summed E-state index contributed by atoms with van der Waals surface area (Å²) in [5.41, 5.74) is 14.8. The van der Waals surface area contributed by atoms with Crippen molar-refractivity contribution in [3.63, 3.8) is 0 Å². The normalized spacial score (nSPS) is 21.2. The lowest BCUT2D eigenvalue weighted by atomic mass is 9.83. The van der Waals surface area contributed by atoms with Gasteiger partial charge in [-0.25, -0.2) is 15.0 Å². The highest BCUT2D eigenvalue weighted by Gasteiger charge is 2.50. The molecule has 4 fully saturated rings. The van der Waals surface area contributed by atoms with Crippen molar-refractivity contribution in [2.24, 2.45) is 10.8 Å². The summed E-state index contributed by atoms with van der Waals surface area (Å²) < 4.78 is 79.7. The van der Waals surface area contributed by atoms with Gasteiger partial charge in [-0.3, -0.25) is 30.0 Å². The van der Waals surface area contributed by atoms with Gasteiger partial charge in [0.2, 0.25) is 23.8 Å². The number of aliphatic hydroxyl groups excluding tert-OH is 5. The van der Waals surface area contributed by atoms with Crippen LogP contribution in [0.3, 0.4) is 0 Å². The summed E-state index contributed by atoms with van der Waals surface area (Å²) in [4.78, 5) is 77.4. The average molecular weight is 2210 g/mol. The molecule has 12 N–H and O–H groups in total. The average Bonchev–Trinajstić information content (AvgIpc) is 1.61. The number of methoxy groups -OCH3 is 4. The number of fused-ring (bicyclic) bond motifs is 4. The summed E-state index contributed by atoms with van der Waals surface area (Å²) in [6.45, 7) is 60.0. The Balaban J connectivity index is 0.000000188. The van der Waals surface area contributed by atoms with Gasteiger partial charge in [0, 0.05) is 73.0 Å². The second-order valence-electron chi connectivity index (χ2n) is 46.6. The molecule has 14 rings (SSSR count). The predicted molar refractivity (Wildman–Crippen MR) is 585 cm³/mol. The Labute approximate surface area is 889 Å². The van der Waals surface area contributed by atoms with E-state index in [1.807, 2.05) is 58.5 Å². The highest BCUT2D eigenvalue weighted by atomic mass is 35.5. The third kappa shape index (κ3) is 26.0. The van der Waals surface area contributed by atoms with Crippen LogP contribution in [0.4, 0.5) is 35.2 Å². The van der Waals surface area contributed by atoms with Crippen LogP contribution in [0.5, 0.6) is 23.0 Å². The van der Waals surface area contributed by atoms with E-state index in [9.17, 15) is 50.6 Å². The smallest absolute Gasteiger partial charge is 0.279 e. The Kier molecular flexibility index (Phi) is 37.5. The Bertz CT molecular complexity index is 6280. The van der Waals surface area contributed by atoms with Gasteiger partial charge in [-0.05, 0) is 87.7 Å². The number of aliphatic hydroxyl groups is 5. The highest BCUT2D eigenvalue weighted by Crippen LogP contribution is 2.52. The fourth-order valence-electron chi connectivity index (χ4n) is 17.6. The fraction of sp³-hybridized carbons (Fsp3) is 0.640. The number of benzene rings is 2. The van der Waals surface area contributed by atoms with Crippen LogP contribution >= 0.6 is 46.4 Å². The number of alkyl halides is 1. The molecule has 10 aromatic rings. The van der Waals surface area contributed by atoms with E-state index in [2.05, 4.69) is 194 Å². The van der Waals surface area contributed by atoms with Gasteiger partial charge in [-0.2, -0.15) is 19.9 Å². The molecule has 8 aromatic heterocycles.